The zero-order valence-electron chi connectivity index (χ0n) is 13.3. The number of aliphatic hydroxyl groups is 1. The predicted molar refractivity (Wildman–Crippen MR) is 84.3 cm³/mol. The zero-order valence-corrected chi connectivity index (χ0v) is 13.3. The molecule has 1 aliphatic heterocycles. The number of aliphatic hydroxyl groups excluding tert-OH is 1. The van der Waals surface area contributed by atoms with Crippen molar-refractivity contribution >= 4 is 11.8 Å². The lowest BCUT2D eigenvalue weighted by Crippen LogP contribution is -2.42. The summed E-state index contributed by atoms with van der Waals surface area (Å²) in [6.07, 6.45) is 0.144. The third-order valence-electron chi connectivity index (χ3n) is 3.94. The molecule has 1 saturated heterocycles. The van der Waals surface area contributed by atoms with Gasteiger partial charge in [-0.2, -0.15) is 0 Å². The molecule has 120 valence electrons. The highest BCUT2D eigenvalue weighted by atomic mass is 16.3. The van der Waals surface area contributed by atoms with Gasteiger partial charge in [0.2, 0.25) is 11.8 Å². The summed E-state index contributed by atoms with van der Waals surface area (Å²) < 4.78 is 0. The van der Waals surface area contributed by atoms with E-state index >= 15 is 0 Å². The molecular weight excluding hydrogens is 280 g/mol. The van der Waals surface area contributed by atoms with Crippen molar-refractivity contribution in [3.8, 4) is 0 Å². The highest BCUT2D eigenvalue weighted by Crippen LogP contribution is 2.23. The van der Waals surface area contributed by atoms with Crippen LogP contribution >= 0.6 is 0 Å². The van der Waals surface area contributed by atoms with Crippen molar-refractivity contribution in [2.45, 2.75) is 51.2 Å². The summed E-state index contributed by atoms with van der Waals surface area (Å²) in [6, 6.07) is 7.29. The van der Waals surface area contributed by atoms with Crippen LogP contribution in [-0.2, 0) is 15.0 Å². The van der Waals surface area contributed by atoms with E-state index in [9.17, 15) is 14.7 Å². The first-order valence-corrected chi connectivity index (χ1v) is 7.63. The van der Waals surface area contributed by atoms with Crippen molar-refractivity contribution in [3.05, 3.63) is 35.4 Å². The fourth-order valence-corrected chi connectivity index (χ4v) is 2.45. The van der Waals surface area contributed by atoms with Crippen molar-refractivity contribution < 1.29 is 14.7 Å². The van der Waals surface area contributed by atoms with Crippen molar-refractivity contribution in [2.75, 3.05) is 6.54 Å². The van der Waals surface area contributed by atoms with E-state index in [-0.39, 0.29) is 23.8 Å². The number of nitrogens with one attached hydrogen (secondary N) is 2. The van der Waals surface area contributed by atoms with Crippen LogP contribution in [0, 0.1) is 0 Å². The van der Waals surface area contributed by atoms with E-state index in [0.717, 1.165) is 5.56 Å². The van der Waals surface area contributed by atoms with Crippen molar-refractivity contribution in [1.29, 1.82) is 0 Å². The Kier molecular flexibility index (Phi) is 4.86. The van der Waals surface area contributed by atoms with Gasteiger partial charge in [-0.05, 0) is 23.0 Å². The predicted octanol–water partition coefficient (Wildman–Crippen LogP) is 1.41. The minimum absolute atomic E-state index is 0.0678. The molecule has 1 aliphatic rings. The molecule has 2 amide bonds. The molecule has 0 saturated carbocycles. The molecular formula is C17H24N2O3. The van der Waals surface area contributed by atoms with E-state index < -0.39 is 12.1 Å². The molecule has 2 unspecified atom stereocenters. The average molecular weight is 304 g/mol. The lowest BCUT2D eigenvalue weighted by Gasteiger charge is -2.20. The van der Waals surface area contributed by atoms with Crippen LogP contribution in [0.1, 0.15) is 50.8 Å². The summed E-state index contributed by atoms with van der Waals surface area (Å²) in [5.41, 5.74) is 2.03. The van der Waals surface area contributed by atoms with Gasteiger partial charge >= 0.3 is 0 Å². The second-order valence-electron chi connectivity index (χ2n) is 6.79. The molecule has 1 aromatic rings. The van der Waals surface area contributed by atoms with E-state index in [1.807, 2.05) is 24.3 Å². The average Bonchev–Trinajstić information content (AvgIpc) is 2.90. The Morgan fingerprint density at radius 2 is 2.00 bits per heavy atom. The topological polar surface area (TPSA) is 78.4 Å². The lowest BCUT2D eigenvalue weighted by molar-refractivity contribution is -0.126. The standard InChI is InChI=1S/C17H24N2O3/c1-17(2,3)12-6-4-11(5-7-12)14(20)10-18-16(22)13-8-9-15(21)19-13/h4-7,13-14,20H,8-10H2,1-3H3,(H,18,22)(H,19,21). The monoisotopic (exact) mass is 304 g/mol. The maximum Gasteiger partial charge on any atom is 0.242 e. The minimum atomic E-state index is -0.755. The molecule has 0 radical (unpaired) electrons. The van der Waals surface area contributed by atoms with Crippen LogP contribution in [0.25, 0.3) is 0 Å². The highest BCUT2D eigenvalue weighted by molar-refractivity contribution is 5.90. The number of benzene rings is 1. The Bertz CT molecular complexity index is 546. The molecule has 5 nitrogen and oxygen atoms in total. The van der Waals surface area contributed by atoms with Gasteiger partial charge in [-0.15, -0.1) is 0 Å². The van der Waals surface area contributed by atoms with Gasteiger partial charge in [0.1, 0.15) is 6.04 Å². The summed E-state index contributed by atoms with van der Waals surface area (Å²) in [4.78, 5) is 23.0. The largest absolute Gasteiger partial charge is 0.387 e. The first-order valence-electron chi connectivity index (χ1n) is 7.63. The quantitative estimate of drug-likeness (QED) is 0.787. The van der Waals surface area contributed by atoms with E-state index in [1.165, 1.54) is 5.56 Å². The second-order valence-corrected chi connectivity index (χ2v) is 6.79. The Hall–Kier alpha value is -1.88. The minimum Gasteiger partial charge on any atom is -0.387 e. The molecule has 0 aliphatic carbocycles. The number of carbonyl (C=O) groups is 2. The number of hydrogen-bond acceptors (Lipinski definition) is 3. The molecule has 1 heterocycles. The molecule has 2 rings (SSSR count). The Labute approximate surface area is 131 Å². The van der Waals surface area contributed by atoms with Gasteiger partial charge in [0.05, 0.1) is 6.10 Å². The van der Waals surface area contributed by atoms with Crippen LogP contribution in [0.2, 0.25) is 0 Å². The normalized spacial score (nSPS) is 19.6. The fraction of sp³-hybridized carbons (Fsp3) is 0.529. The molecule has 2 atom stereocenters. The van der Waals surface area contributed by atoms with Crippen LogP contribution in [0.15, 0.2) is 24.3 Å². The first-order chi connectivity index (χ1) is 10.3. The third-order valence-corrected chi connectivity index (χ3v) is 3.94. The van der Waals surface area contributed by atoms with Crippen molar-refractivity contribution in [1.82, 2.24) is 10.6 Å². The number of hydrogen-bond donors (Lipinski definition) is 3. The van der Waals surface area contributed by atoms with Crippen LogP contribution in [-0.4, -0.2) is 29.5 Å². The summed E-state index contributed by atoms with van der Waals surface area (Å²) in [5.74, 6) is -0.338. The summed E-state index contributed by atoms with van der Waals surface area (Å²) >= 11 is 0. The molecule has 22 heavy (non-hydrogen) atoms. The molecule has 1 aromatic carbocycles. The van der Waals surface area contributed by atoms with E-state index in [2.05, 4.69) is 31.4 Å². The number of amides is 2. The van der Waals surface area contributed by atoms with Crippen LogP contribution in [0.3, 0.4) is 0 Å². The molecule has 0 spiro atoms. The SMILES string of the molecule is CC(C)(C)c1ccc(C(O)CNC(=O)C2CCC(=O)N2)cc1. The third kappa shape index (κ3) is 4.07. The van der Waals surface area contributed by atoms with Gasteiger partial charge < -0.3 is 15.7 Å². The Morgan fingerprint density at radius 3 is 2.50 bits per heavy atom. The van der Waals surface area contributed by atoms with Gasteiger partial charge in [-0.3, -0.25) is 9.59 Å². The van der Waals surface area contributed by atoms with Crippen molar-refractivity contribution in [2.24, 2.45) is 0 Å². The van der Waals surface area contributed by atoms with Crippen LogP contribution < -0.4 is 10.6 Å². The molecule has 0 bridgehead atoms. The Morgan fingerprint density at radius 1 is 1.36 bits per heavy atom. The van der Waals surface area contributed by atoms with Gasteiger partial charge in [0, 0.05) is 13.0 Å². The lowest BCUT2D eigenvalue weighted by atomic mass is 9.86. The van der Waals surface area contributed by atoms with Crippen LogP contribution in [0.5, 0.6) is 0 Å². The van der Waals surface area contributed by atoms with Gasteiger partial charge in [-0.25, -0.2) is 0 Å². The molecule has 3 N–H and O–H groups in total. The summed E-state index contributed by atoms with van der Waals surface area (Å²) in [6.45, 7) is 6.54. The van der Waals surface area contributed by atoms with E-state index in [4.69, 9.17) is 0 Å². The maximum absolute atomic E-state index is 11.9. The van der Waals surface area contributed by atoms with Gasteiger partial charge in [0.15, 0.2) is 0 Å². The van der Waals surface area contributed by atoms with Gasteiger partial charge in [0.25, 0.3) is 0 Å². The zero-order chi connectivity index (χ0) is 16.3. The van der Waals surface area contributed by atoms with Crippen molar-refractivity contribution in [3.63, 3.8) is 0 Å². The molecule has 0 aromatic heterocycles. The first kappa shape index (κ1) is 16.5. The second kappa shape index (κ2) is 6.48. The fourth-order valence-electron chi connectivity index (χ4n) is 2.45. The molecule has 5 heteroatoms. The summed E-state index contributed by atoms with van der Waals surface area (Å²) in [5, 5.41) is 15.4. The van der Waals surface area contributed by atoms with Gasteiger partial charge in [-0.1, -0.05) is 45.0 Å². The number of carbonyl (C=O) groups excluding carboxylic acids is 2. The highest BCUT2D eigenvalue weighted by Gasteiger charge is 2.27. The van der Waals surface area contributed by atoms with E-state index in [1.54, 1.807) is 0 Å². The molecule has 1 fully saturated rings. The Balaban J connectivity index is 1.88. The van der Waals surface area contributed by atoms with Crippen LogP contribution in [0.4, 0.5) is 0 Å². The summed E-state index contributed by atoms with van der Waals surface area (Å²) in [7, 11) is 0. The van der Waals surface area contributed by atoms with E-state index in [0.29, 0.717) is 12.8 Å². The smallest absolute Gasteiger partial charge is 0.242 e. The number of rotatable bonds is 4. The maximum atomic E-state index is 11.9.